The molecule has 0 saturated heterocycles. The summed E-state index contributed by atoms with van der Waals surface area (Å²) in [4.78, 5) is 0. The molecule has 0 atom stereocenters. The first-order chi connectivity index (χ1) is 8.00. The molecule has 2 N–H and O–H groups in total. The van der Waals surface area contributed by atoms with Gasteiger partial charge in [0.25, 0.3) is 0 Å². The third kappa shape index (κ3) is 2.17. The van der Waals surface area contributed by atoms with Crippen LogP contribution in [0.15, 0.2) is 22.7 Å². The molecule has 0 saturated carbocycles. The van der Waals surface area contributed by atoms with E-state index in [-0.39, 0.29) is 11.7 Å². The average Bonchev–Trinajstić information content (AvgIpc) is 2.64. The van der Waals surface area contributed by atoms with E-state index in [0.717, 1.165) is 5.69 Å². The molecule has 1 aromatic carbocycles. The highest BCUT2D eigenvalue weighted by molar-refractivity contribution is 9.10. The predicted octanol–water partition coefficient (Wildman–Crippen LogP) is 2.87. The van der Waals surface area contributed by atoms with Crippen molar-refractivity contribution in [1.29, 1.82) is 0 Å². The molecule has 90 valence electrons. The third-order valence-electron chi connectivity index (χ3n) is 2.43. The molecule has 1 heterocycles. The largest absolute Gasteiger partial charge is 0.381 e. The van der Waals surface area contributed by atoms with E-state index in [1.54, 1.807) is 16.8 Å². The highest BCUT2D eigenvalue weighted by atomic mass is 79.9. The van der Waals surface area contributed by atoms with Crippen LogP contribution in [0.1, 0.15) is 25.5 Å². The summed E-state index contributed by atoms with van der Waals surface area (Å²) in [5.74, 6) is 0.200. The number of nitrogens with zero attached hydrogens (tertiary/aromatic N) is 3. The van der Waals surface area contributed by atoms with Gasteiger partial charge in [-0.2, -0.15) is 0 Å². The molecule has 0 spiro atoms. The molecule has 1 aromatic heterocycles. The Hall–Kier alpha value is -1.43. The van der Waals surface area contributed by atoms with E-state index in [4.69, 9.17) is 5.73 Å². The van der Waals surface area contributed by atoms with E-state index in [1.807, 2.05) is 13.8 Å². The Labute approximate surface area is 107 Å². The van der Waals surface area contributed by atoms with E-state index in [0.29, 0.717) is 16.0 Å². The highest BCUT2D eigenvalue weighted by Gasteiger charge is 2.15. The number of hydrogen-bond acceptors (Lipinski definition) is 3. The van der Waals surface area contributed by atoms with E-state index < -0.39 is 0 Å². The molecular weight excluding hydrogens is 287 g/mol. The zero-order chi connectivity index (χ0) is 12.6. The smallest absolute Gasteiger partial charge is 0.169 e. The van der Waals surface area contributed by atoms with Crippen LogP contribution in [-0.4, -0.2) is 15.0 Å². The van der Waals surface area contributed by atoms with Crippen molar-refractivity contribution in [2.75, 3.05) is 5.73 Å². The Morgan fingerprint density at radius 1 is 1.41 bits per heavy atom. The van der Waals surface area contributed by atoms with Crippen LogP contribution < -0.4 is 5.73 Å². The third-order valence-corrected chi connectivity index (χ3v) is 3.07. The Kier molecular flexibility index (Phi) is 3.15. The van der Waals surface area contributed by atoms with Gasteiger partial charge in [-0.3, -0.25) is 0 Å². The molecule has 0 amide bonds. The molecule has 0 aliphatic carbocycles. The second-order valence-electron chi connectivity index (χ2n) is 4.02. The number of aromatic nitrogens is 3. The van der Waals surface area contributed by atoms with Gasteiger partial charge < -0.3 is 5.73 Å². The Morgan fingerprint density at radius 2 is 2.12 bits per heavy atom. The number of rotatable bonds is 2. The monoisotopic (exact) mass is 298 g/mol. The van der Waals surface area contributed by atoms with Gasteiger partial charge in [-0.1, -0.05) is 19.1 Å². The summed E-state index contributed by atoms with van der Waals surface area (Å²) in [5, 5.41) is 7.76. The quantitative estimate of drug-likeness (QED) is 0.927. The maximum Gasteiger partial charge on any atom is 0.169 e. The summed E-state index contributed by atoms with van der Waals surface area (Å²) < 4.78 is 15.4. The molecule has 0 fully saturated rings. The lowest BCUT2D eigenvalue weighted by Crippen LogP contribution is -2.05. The Balaban J connectivity index is 2.56. The van der Waals surface area contributed by atoms with Crippen molar-refractivity contribution in [2.24, 2.45) is 0 Å². The number of nitrogens with two attached hydrogens (primary N) is 1. The van der Waals surface area contributed by atoms with Crippen LogP contribution in [0.3, 0.4) is 0 Å². The van der Waals surface area contributed by atoms with Crippen molar-refractivity contribution in [2.45, 2.75) is 19.8 Å². The Bertz CT molecular complexity index is 550. The minimum atomic E-state index is -0.341. The van der Waals surface area contributed by atoms with Crippen LogP contribution in [0.2, 0.25) is 0 Å². The summed E-state index contributed by atoms with van der Waals surface area (Å²) >= 11 is 3.11. The molecule has 2 rings (SSSR count). The van der Waals surface area contributed by atoms with E-state index in [1.165, 1.54) is 6.07 Å². The molecule has 0 aliphatic heterocycles. The maximum atomic E-state index is 13.5. The summed E-state index contributed by atoms with van der Waals surface area (Å²) in [7, 11) is 0. The topological polar surface area (TPSA) is 56.7 Å². The van der Waals surface area contributed by atoms with Crippen molar-refractivity contribution in [3.8, 4) is 5.69 Å². The minimum Gasteiger partial charge on any atom is -0.381 e. The fraction of sp³-hybridized carbons (Fsp3) is 0.273. The lowest BCUT2D eigenvalue weighted by atomic mass is 10.1. The van der Waals surface area contributed by atoms with Crippen LogP contribution in [0.5, 0.6) is 0 Å². The van der Waals surface area contributed by atoms with E-state index in [2.05, 4.69) is 26.2 Å². The van der Waals surface area contributed by atoms with Crippen LogP contribution in [0.4, 0.5) is 10.2 Å². The summed E-state index contributed by atoms with van der Waals surface area (Å²) in [6.07, 6.45) is 0. The van der Waals surface area contributed by atoms with Gasteiger partial charge in [0.1, 0.15) is 5.82 Å². The molecule has 0 bridgehead atoms. The van der Waals surface area contributed by atoms with Gasteiger partial charge in [0.05, 0.1) is 15.9 Å². The zero-order valence-electron chi connectivity index (χ0n) is 9.48. The number of nitrogen functional groups attached to an aromatic ring is 1. The van der Waals surface area contributed by atoms with Crippen LogP contribution in [-0.2, 0) is 0 Å². The molecule has 17 heavy (non-hydrogen) atoms. The zero-order valence-corrected chi connectivity index (χ0v) is 11.1. The van der Waals surface area contributed by atoms with E-state index >= 15 is 0 Å². The molecule has 4 nitrogen and oxygen atoms in total. The van der Waals surface area contributed by atoms with Gasteiger partial charge in [0.2, 0.25) is 0 Å². The SMILES string of the molecule is CC(C)c1c(N)nnn1-c1ccc(Br)c(F)c1. The fourth-order valence-corrected chi connectivity index (χ4v) is 1.90. The fourth-order valence-electron chi connectivity index (χ4n) is 1.65. The van der Waals surface area contributed by atoms with Crippen molar-refractivity contribution in [1.82, 2.24) is 15.0 Å². The van der Waals surface area contributed by atoms with Crippen molar-refractivity contribution in [3.05, 3.63) is 34.2 Å². The summed E-state index contributed by atoms with van der Waals surface area (Å²) in [6.45, 7) is 3.97. The summed E-state index contributed by atoms with van der Waals surface area (Å²) in [6, 6.07) is 4.78. The predicted molar refractivity (Wildman–Crippen MR) is 67.5 cm³/mol. The summed E-state index contributed by atoms with van der Waals surface area (Å²) in [5.41, 5.74) is 7.14. The molecular formula is C11H12BrFN4. The standard InChI is InChI=1S/C11H12BrFN4/c1-6(2)10-11(14)15-16-17(10)7-3-4-8(12)9(13)5-7/h3-6H,14H2,1-2H3. The van der Waals surface area contributed by atoms with Crippen molar-refractivity contribution >= 4 is 21.7 Å². The first-order valence-corrected chi connectivity index (χ1v) is 5.96. The normalized spacial score (nSPS) is 11.1. The van der Waals surface area contributed by atoms with E-state index in [9.17, 15) is 4.39 Å². The van der Waals surface area contributed by atoms with Gasteiger partial charge >= 0.3 is 0 Å². The first-order valence-electron chi connectivity index (χ1n) is 5.17. The van der Waals surface area contributed by atoms with Gasteiger partial charge in [-0.05, 0) is 34.0 Å². The second-order valence-corrected chi connectivity index (χ2v) is 4.88. The minimum absolute atomic E-state index is 0.164. The Morgan fingerprint density at radius 3 is 2.71 bits per heavy atom. The lowest BCUT2D eigenvalue weighted by Gasteiger charge is -2.09. The van der Waals surface area contributed by atoms with Crippen molar-refractivity contribution < 1.29 is 4.39 Å². The number of anilines is 1. The number of halogens is 2. The van der Waals surface area contributed by atoms with Gasteiger partial charge in [0, 0.05) is 6.07 Å². The average molecular weight is 299 g/mol. The van der Waals surface area contributed by atoms with Gasteiger partial charge in [0.15, 0.2) is 5.82 Å². The number of hydrogen-bond donors (Lipinski definition) is 1. The van der Waals surface area contributed by atoms with Crippen molar-refractivity contribution in [3.63, 3.8) is 0 Å². The highest BCUT2D eigenvalue weighted by Crippen LogP contribution is 2.24. The first kappa shape index (κ1) is 12.0. The van der Waals surface area contributed by atoms with Gasteiger partial charge in [-0.25, -0.2) is 9.07 Å². The molecule has 6 heteroatoms. The van der Waals surface area contributed by atoms with Crippen LogP contribution >= 0.6 is 15.9 Å². The molecule has 0 aliphatic rings. The lowest BCUT2D eigenvalue weighted by molar-refractivity contribution is 0.616. The second kappa shape index (κ2) is 4.44. The van der Waals surface area contributed by atoms with Crippen LogP contribution in [0.25, 0.3) is 5.69 Å². The number of benzene rings is 1. The van der Waals surface area contributed by atoms with Crippen LogP contribution in [0, 0.1) is 5.82 Å². The molecule has 0 unspecified atom stereocenters. The maximum absolute atomic E-state index is 13.5. The molecule has 2 aromatic rings. The molecule has 0 radical (unpaired) electrons. The van der Waals surface area contributed by atoms with Gasteiger partial charge in [-0.15, -0.1) is 5.10 Å².